The molecule has 0 aromatic carbocycles. The minimum atomic E-state index is -0.556. The van der Waals surface area contributed by atoms with Gasteiger partial charge < -0.3 is 25.5 Å². The van der Waals surface area contributed by atoms with Crippen LogP contribution >= 0.6 is 0 Å². The third kappa shape index (κ3) is 69.3. The quantitative estimate of drug-likeness (QED) is 0.0521. The number of carbonyl (C=O) groups excluding carboxylic acids is 3. The van der Waals surface area contributed by atoms with Gasteiger partial charge in [0.1, 0.15) is 5.78 Å². The molecular formula is C81H163N5O4. The molecule has 0 aliphatic heterocycles. The Bertz CT molecular complexity index is 1390. The van der Waals surface area contributed by atoms with Crippen LogP contribution in [0.5, 0.6) is 0 Å². The molecule has 0 fully saturated rings. The van der Waals surface area contributed by atoms with E-state index in [1.807, 2.05) is 0 Å². The lowest BCUT2D eigenvalue weighted by atomic mass is 10.0. The van der Waals surface area contributed by atoms with E-state index in [2.05, 4.69) is 60.0 Å². The zero-order valence-electron chi connectivity index (χ0n) is 62.0. The van der Waals surface area contributed by atoms with E-state index in [0.717, 1.165) is 90.8 Å². The number of aliphatic hydroxyl groups is 1. The summed E-state index contributed by atoms with van der Waals surface area (Å²) in [6, 6.07) is 0. The number of nitrogens with one attached hydrogen (secondary N) is 2. The lowest BCUT2D eigenvalue weighted by Crippen LogP contribution is -2.43. The molecule has 2 amide bonds. The Balaban J connectivity index is 5.73. The molecule has 0 heterocycles. The Morgan fingerprint density at radius 1 is 0.244 bits per heavy atom. The molecule has 3 N–H and O–H groups in total. The first-order valence-electron chi connectivity index (χ1n) is 41.2. The highest BCUT2D eigenvalue weighted by Gasteiger charge is 2.19. The molecule has 90 heavy (non-hydrogen) atoms. The summed E-state index contributed by atoms with van der Waals surface area (Å²) in [5.41, 5.74) is 0. The van der Waals surface area contributed by atoms with Gasteiger partial charge in [-0.3, -0.25) is 19.3 Å². The maximum atomic E-state index is 13.4. The second-order valence-electron chi connectivity index (χ2n) is 28.7. The number of carbonyl (C=O) groups is 3. The van der Waals surface area contributed by atoms with Crippen LogP contribution in [0.3, 0.4) is 0 Å². The molecule has 0 aromatic heterocycles. The van der Waals surface area contributed by atoms with Crippen molar-refractivity contribution in [3.8, 4) is 0 Å². The first-order chi connectivity index (χ1) is 44.3. The van der Waals surface area contributed by atoms with Gasteiger partial charge >= 0.3 is 0 Å². The average molecular weight is 1270 g/mol. The summed E-state index contributed by atoms with van der Waals surface area (Å²) in [4.78, 5) is 47.2. The topological polar surface area (TPSA) is 105 Å². The van der Waals surface area contributed by atoms with Crippen molar-refractivity contribution in [2.24, 2.45) is 0 Å². The molecule has 536 valence electrons. The number of rotatable bonds is 78. The number of hydrogen-bond donors (Lipinski definition) is 3. The smallest absolute Gasteiger partial charge is 0.221 e. The third-order valence-electron chi connectivity index (χ3n) is 19.6. The van der Waals surface area contributed by atoms with Crippen LogP contribution in [0.2, 0.25) is 0 Å². The van der Waals surface area contributed by atoms with E-state index >= 15 is 0 Å². The van der Waals surface area contributed by atoms with E-state index in [0.29, 0.717) is 57.6 Å². The van der Waals surface area contributed by atoms with E-state index in [1.54, 1.807) is 0 Å². The molecule has 0 bridgehead atoms. The van der Waals surface area contributed by atoms with Gasteiger partial charge in [-0.05, 0) is 71.1 Å². The molecule has 0 spiro atoms. The second kappa shape index (κ2) is 74.8. The molecule has 9 heteroatoms. The lowest BCUT2D eigenvalue weighted by molar-refractivity contribution is -0.122. The number of ketones is 1. The molecule has 0 saturated carbocycles. The van der Waals surface area contributed by atoms with Crippen LogP contribution in [-0.2, 0) is 14.4 Å². The second-order valence-corrected chi connectivity index (χ2v) is 28.7. The molecule has 0 aromatic rings. The highest BCUT2D eigenvalue weighted by Crippen LogP contribution is 2.18. The Morgan fingerprint density at radius 2 is 0.456 bits per heavy atom. The van der Waals surface area contributed by atoms with E-state index < -0.39 is 6.10 Å². The Morgan fingerprint density at radius 3 is 0.756 bits per heavy atom. The maximum absolute atomic E-state index is 13.4. The zero-order chi connectivity index (χ0) is 65.4. The van der Waals surface area contributed by atoms with Crippen LogP contribution in [0.1, 0.15) is 426 Å². The first-order valence-corrected chi connectivity index (χ1v) is 41.2. The summed E-state index contributed by atoms with van der Waals surface area (Å²) in [7, 11) is 0. The van der Waals surface area contributed by atoms with E-state index in [-0.39, 0.29) is 11.8 Å². The summed E-state index contributed by atoms with van der Waals surface area (Å²) in [5.74, 6) is 0.618. The summed E-state index contributed by atoms with van der Waals surface area (Å²) in [5, 5.41) is 18.5. The van der Waals surface area contributed by atoms with Crippen LogP contribution < -0.4 is 10.6 Å². The van der Waals surface area contributed by atoms with Crippen molar-refractivity contribution in [2.75, 3.05) is 72.0 Å². The van der Waals surface area contributed by atoms with E-state index in [4.69, 9.17) is 0 Å². The summed E-state index contributed by atoms with van der Waals surface area (Å²) >= 11 is 0. The molecule has 1 unspecified atom stereocenters. The molecular weight excluding hydrogens is 1110 g/mol. The van der Waals surface area contributed by atoms with Crippen molar-refractivity contribution in [3.05, 3.63) is 0 Å². The fraction of sp³-hybridized carbons (Fsp3) is 0.963. The normalized spacial score (nSPS) is 12.1. The number of Topliss-reactive ketones (excluding diaryl/α,β-unsaturated/α-hetero) is 1. The summed E-state index contributed by atoms with van der Waals surface area (Å²) < 4.78 is 0. The largest absolute Gasteiger partial charge is 0.390 e. The summed E-state index contributed by atoms with van der Waals surface area (Å²) in [6.45, 7) is 20.1. The van der Waals surface area contributed by atoms with Crippen LogP contribution in [0, 0.1) is 0 Å². The predicted molar refractivity (Wildman–Crippen MR) is 396 cm³/mol. The zero-order valence-corrected chi connectivity index (χ0v) is 62.0. The molecule has 9 nitrogen and oxygen atoms in total. The lowest BCUT2D eigenvalue weighted by Gasteiger charge is -2.29. The number of unbranched alkanes of at least 4 members (excludes halogenated alkanes) is 51. The first kappa shape index (κ1) is 88.5. The van der Waals surface area contributed by atoms with Crippen molar-refractivity contribution in [2.45, 2.75) is 432 Å². The predicted octanol–water partition coefficient (Wildman–Crippen LogP) is 23.0. The number of aliphatic hydroxyl groups excluding tert-OH is 1. The standard InChI is InChI=1S/C81H163N5O4/c1-6-11-16-21-26-31-36-39-44-49-54-59-69-84(74-65-80(89)82-67-57-52-47-42-34-29-24-19-14-9-4)70-61-62-72-85(71-60-55-50-45-40-37-32-27-22-17-12-7-2)76-79(88)77-86(73-64-78(87)63-56-51-46-41-38-33-28-23-18-13-8-3)75-66-81(90)83-68-58-53-48-43-35-30-25-20-15-10-5/h79,88H,6-77H2,1-5H3,(H,82,89)(H,83,90). The minimum absolute atomic E-state index is 0.0871. The van der Waals surface area contributed by atoms with E-state index in [1.165, 1.54) is 321 Å². The molecule has 1 atom stereocenters. The van der Waals surface area contributed by atoms with Gasteiger partial charge in [0.05, 0.1) is 6.10 Å². The van der Waals surface area contributed by atoms with Crippen LogP contribution in [0.25, 0.3) is 0 Å². The van der Waals surface area contributed by atoms with Crippen molar-refractivity contribution < 1.29 is 19.5 Å². The Labute approximate surface area is 564 Å². The molecule has 0 aliphatic carbocycles. The molecule has 0 rings (SSSR count). The van der Waals surface area contributed by atoms with Gasteiger partial charge in [-0.25, -0.2) is 0 Å². The highest BCUT2D eigenvalue weighted by molar-refractivity contribution is 5.78. The molecule has 0 radical (unpaired) electrons. The average Bonchev–Trinajstić information content (AvgIpc) is 3.67. The van der Waals surface area contributed by atoms with Crippen LogP contribution in [-0.4, -0.2) is 116 Å². The number of nitrogens with zero attached hydrogens (tertiary/aromatic N) is 3. The monoisotopic (exact) mass is 1270 g/mol. The fourth-order valence-electron chi connectivity index (χ4n) is 13.4. The highest BCUT2D eigenvalue weighted by atomic mass is 16.3. The third-order valence-corrected chi connectivity index (χ3v) is 19.6. The van der Waals surface area contributed by atoms with Gasteiger partial charge in [-0.2, -0.15) is 0 Å². The fourth-order valence-corrected chi connectivity index (χ4v) is 13.4. The van der Waals surface area contributed by atoms with Gasteiger partial charge in [-0.15, -0.1) is 0 Å². The van der Waals surface area contributed by atoms with Crippen molar-refractivity contribution in [3.63, 3.8) is 0 Å². The van der Waals surface area contributed by atoms with Crippen molar-refractivity contribution in [1.29, 1.82) is 0 Å². The Kier molecular flexibility index (Phi) is 73.6. The molecule has 0 saturated heterocycles. The Hall–Kier alpha value is -1.55. The van der Waals surface area contributed by atoms with Gasteiger partial charge in [-0.1, -0.05) is 356 Å². The minimum Gasteiger partial charge on any atom is -0.390 e. The van der Waals surface area contributed by atoms with Gasteiger partial charge in [0.25, 0.3) is 0 Å². The molecule has 0 aliphatic rings. The van der Waals surface area contributed by atoms with Gasteiger partial charge in [0.15, 0.2) is 0 Å². The van der Waals surface area contributed by atoms with Crippen molar-refractivity contribution in [1.82, 2.24) is 25.3 Å². The van der Waals surface area contributed by atoms with Gasteiger partial charge in [0, 0.05) is 71.5 Å². The van der Waals surface area contributed by atoms with E-state index in [9.17, 15) is 19.5 Å². The number of amides is 2. The van der Waals surface area contributed by atoms with Gasteiger partial charge in [0.2, 0.25) is 11.8 Å². The SMILES string of the molecule is CCCCCCCCCCCCCCN(CCCCN(CCCCCCCCCCCCCC)CC(O)CN(CCC(=O)CCCCCCCCCCCCC)CCC(=O)NCCCCCCCCCCCC)CCC(=O)NCCCCCCCCCCCC. The maximum Gasteiger partial charge on any atom is 0.221 e. The van der Waals surface area contributed by atoms with Crippen molar-refractivity contribution >= 4 is 17.6 Å². The van der Waals surface area contributed by atoms with Crippen LogP contribution in [0.4, 0.5) is 0 Å². The van der Waals surface area contributed by atoms with Crippen LogP contribution in [0.15, 0.2) is 0 Å². The number of hydrogen-bond acceptors (Lipinski definition) is 7. The summed E-state index contributed by atoms with van der Waals surface area (Å²) in [6.07, 6.45) is 75.9.